The first-order chi connectivity index (χ1) is 17.0. The van der Waals surface area contributed by atoms with Crippen molar-refractivity contribution in [3.05, 3.63) is 71.9 Å². The molecular weight excluding hydrogens is 434 g/mol. The van der Waals surface area contributed by atoms with E-state index in [0.29, 0.717) is 18.8 Å². The van der Waals surface area contributed by atoms with Crippen molar-refractivity contribution in [2.45, 2.75) is 82.8 Å². The fourth-order valence-corrected chi connectivity index (χ4v) is 5.89. The molecule has 0 saturated heterocycles. The number of amides is 2. The molecule has 0 unspecified atom stereocenters. The molecular formula is C30H37N3O2. The van der Waals surface area contributed by atoms with Crippen molar-refractivity contribution in [1.29, 1.82) is 0 Å². The Balaban J connectivity index is 1.49. The summed E-state index contributed by atoms with van der Waals surface area (Å²) in [4.78, 5) is 29.8. The molecule has 184 valence electrons. The quantitative estimate of drug-likeness (QED) is 0.505. The number of benzene rings is 2. The Labute approximate surface area is 208 Å². The van der Waals surface area contributed by atoms with Crippen LogP contribution in [0, 0.1) is 0 Å². The Morgan fingerprint density at radius 3 is 2.40 bits per heavy atom. The summed E-state index contributed by atoms with van der Waals surface area (Å²) in [7, 11) is 0. The van der Waals surface area contributed by atoms with Crippen molar-refractivity contribution in [3.63, 3.8) is 0 Å². The van der Waals surface area contributed by atoms with Gasteiger partial charge >= 0.3 is 0 Å². The summed E-state index contributed by atoms with van der Waals surface area (Å²) in [5.74, 6) is 0.0234. The van der Waals surface area contributed by atoms with E-state index in [-0.39, 0.29) is 23.8 Å². The van der Waals surface area contributed by atoms with Crippen LogP contribution in [0.3, 0.4) is 0 Å². The van der Waals surface area contributed by atoms with Gasteiger partial charge in [0.1, 0.15) is 11.2 Å². The maximum atomic E-state index is 14.0. The molecule has 1 saturated carbocycles. The van der Waals surface area contributed by atoms with Gasteiger partial charge in [0.2, 0.25) is 5.91 Å². The van der Waals surface area contributed by atoms with Crippen LogP contribution in [0.2, 0.25) is 0 Å². The van der Waals surface area contributed by atoms with Gasteiger partial charge in [-0.1, -0.05) is 87.6 Å². The van der Waals surface area contributed by atoms with Crippen LogP contribution in [-0.2, 0) is 11.3 Å². The van der Waals surface area contributed by atoms with E-state index in [1.54, 1.807) is 0 Å². The zero-order chi connectivity index (χ0) is 24.4. The molecule has 0 spiro atoms. The van der Waals surface area contributed by atoms with E-state index in [4.69, 9.17) is 0 Å². The van der Waals surface area contributed by atoms with Crippen molar-refractivity contribution in [2.75, 3.05) is 6.54 Å². The molecule has 2 amide bonds. The van der Waals surface area contributed by atoms with Crippen LogP contribution in [0.25, 0.3) is 10.9 Å². The molecule has 1 aromatic heterocycles. The monoisotopic (exact) mass is 471 g/mol. The summed E-state index contributed by atoms with van der Waals surface area (Å²) in [6, 6.07) is 20.5. The maximum Gasteiger partial charge on any atom is 0.271 e. The normalized spacial score (nSPS) is 22.3. The highest BCUT2D eigenvalue weighted by atomic mass is 16.2. The Morgan fingerprint density at radius 1 is 1.00 bits per heavy atom. The van der Waals surface area contributed by atoms with Crippen LogP contribution in [0.15, 0.2) is 60.7 Å². The highest BCUT2D eigenvalue weighted by molar-refractivity contribution is 6.03. The van der Waals surface area contributed by atoms with Crippen LogP contribution in [0.5, 0.6) is 0 Å². The first kappa shape index (κ1) is 23.7. The second-order valence-electron chi connectivity index (χ2n) is 10.7. The van der Waals surface area contributed by atoms with Crippen molar-refractivity contribution in [2.24, 2.45) is 0 Å². The number of carbonyl (C=O) groups is 2. The van der Waals surface area contributed by atoms with E-state index in [0.717, 1.165) is 36.6 Å². The first-order valence-electron chi connectivity index (χ1n) is 13.2. The fraction of sp³-hybridized carbons (Fsp3) is 0.467. The number of hydrogen-bond donors (Lipinski definition) is 1. The van der Waals surface area contributed by atoms with E-state index < -0.39 is 5.54 Å². The molecule has 5 heteroatoms. The molecule has 3 aromatic rings. The molecule has 2 atom stereocenters. The zero-order valence-electron chi connectivity index (χ0n) is 21.0. The summed E-state index contributed by atoms with van der Waals surface area (Å²) in [5, 5.41) is 4.42. The molecule has 1 fully saturated rings. The average molecular weight is 472 g/mol. The standard InChI is InChI=1S/C30H37N3O2/c1-22(23-13-7-6-8-14-23)20-33-28(34)27-19-24-15-11-12-18-26(24)32(27)21-30(33,2)29(35)31-25-16-9-4-3-5-10-17-25/h6-8,11-15,18-19,22,25H,3-5,9-10,16-17,20-21H2,1-2H3,(H,31,35)/t22-,30-/m0/s1. The smallest absolute Gasteiger partial charge is 0.271 e. The van der Waals surface area contributed by atoms with Crippen LogP contribution in [-0.4, -0.2) is 39.4 Å². The number of rotatable bonds is 5. The lowest BCUT2D eigenvalue weighted by atomic mass is 9.90. The minimum Gasteiger partial charge on any atom is -0.351 e. The maximum absolute atomic E-state index is 14.0. The fourth-order valence-electron chi connectivity index (χ4n) is 5.89. The van der Waals surface area contributed by atoms with Crippen molar-refractivity contribution < 1.29 is 9.59 Å². The van der Waals surface area contributed by atoms with Crippen molar-refractivity contribution >= 4 is 22.7 Å². The minimum absolute atomic E-state index is 0.0277. The predicted octanol–water partition coefficient (Wildman–Crippen LogP) is 5.89. The molecule has 5 nitrogen and oxygen atoms in total. The van der Waals surface area contributed by atoms with Crippen LogP contribution in [0.1, 0.15) is 80.8 Å². The number of nitrogens with zero attached hydrogens (tertiary/aromatic N) is 2. The number of hydrogen-bond acceptors (Lipinski definition) is 2. The highest BCUT2D eigenvalue weighted by Gasteiger charge is 2.48. The van der Waals surface area contributed by atoms with Crippen LogP contribution >= 0.6 is 0 Å². The van der Waals surface area contributed by atoms with Gasteiger partial charge < -0.3 is 14.8 Å². The third-order valence-electron chi connectivity index (χ3n) is 8.09. The molecule has 2 heterocycles. The second-order valence-corrected chi connectivity index (χ2v) is 10.7. The van der Waals surface area contributed by atoms with Gasteiger partial charge in [0, 0.05) is 23.5 Å². The summed E-state index contributed by atoms with van der Waals surface area (Å²) >= 11 is 0. The summed E-state index contributed by atoms with van der Waals surface area (Å²) in [5.41, 5.74) is 1.89. The molecule has 2 aliphatic rings. The summed E-state index contributed by atoms with van der Waals surface area (Å²) < 4.78 is 2.05. The van der Waals surface area contributed by atoms with E-state index in [9.17, 15) is 9.59 Å². The molecule has 0 radical (unpaired) electrons. The number of carbonyl (C=O) groups excluding carboxylic acids is 2. The van der Waals surface area contributed by atoms with E-state index >= 15 is 0 Å². The molecule has 2 aromatic carbocycles. The lowest BCUT2D eigenvalue weighted by Gasteiger charge is -2.45. The van der Waals surface area contributed by atoms with E-state index in [1.165, 1.54) is 24.8 Å². The van der Waals surface area contributed by atoms with Gasteiger partial charge in [0.15, 0.2) is 0 Å². The molecule has 1 N–H and O–H groups in total. The lowest BCUT2D eigenvalue weighted by Crippen LogP contribution is -2.65. The van der Waals surface area contributed by atoms with Gasteiger partial charge in [0.25, 0.3) is 5.91 Å². The first-order valence-corrected chi connectivity index (χ1v) is 13.2. The Kier molecular flexibility index (Phi) is 6.68. The minimum atomic E-state index is -0.961. The van der Waals surface area contributed by atoms with E-state index in [1.807, 2.05) is 60.4 Å². The third kappa shape index (κ3) is 4.61. The average Bonchev–Trinajstić information content (AvgIpc) is 3.22. The SMILES string of the molecule is C[C@@H](CN1C(=O)c2cc3ccccc3n2C[C@@]1(C)C(=O)NC1CCCCCCC1)c1ccccc1. The predicted molar refractivity (Wildman–Crippen MR) is 140 cm³/mol. The van der Waals surface area contributed by atoms with Crippen molar-refractivity contribution in [3.8, 4) is 0 Å². The molecule has 0 bridgehead atoms. The second kappa shape index (κ2) is 9.88. The molecule has 35 heavy (non-hydrogen) atoms. The van der Waals surface area contributed by atoms with Gasteiger partial charge in [0.05, 0.1) is 6.54 Å². The largest absolute Gasteiger partial charge is 0.351 e. The Hall–Kier alpha value is -3.08. The van der Waals surface area contributed by atoms with Gasteiger partial charge in [-0.2, -0.15) is 0 Å². The van der Waals surface area contributed by atoms with Crippen LogP contribution in [0.4, 0.5) is 0 Å². The number of fused-ring (bicyclic) bond motifs is 3. The topological polar surface area (TPSA) is 54.3 Å². The number of nitrogens with one attached hydrogen (secondary N) is 1. The highest BCUT2D eigenvalue weighted by Crippen LogP contribution is 2.34. The Bertz CT molecular complexity index is 1190. The van der Waals surface area contributed by atoms with Crippen molar-refractivity contribution in [1.82, 2.24) is 14.8 Å². The Morgan fingerprint density at radius 2 is 1.66 bits per heavy atom. The number of para-hydroxylation sites is 1. The summed E-state index contributed by atoms with van der Waals surface area (Å²) in [6.45, 7) is 5.05. The van der Waals surface area contributed by atoms with Gasteiger partial charge in [-0.25, -0.2) is 0 Å². The third-order valence-corrected chi connectivity index (χ3v) is 8.09. The van der Waals surface area contributed by atoms with Crippen LogP contribution < -0.4 is 5.32 Å². The van der Waals surface area contributed by atoms with Gasteiger partial charge in [-0.05, 0) is 43.4 Å². The number of aromatic nitrogens is 1. The molecule has 1 aliphatic carbocycles. The summed E-state index contributed by atoms with van der Waals surface area (Å²) in [6.07, 6.45) is 8.12. The van der Waals surface area contributed by atoms with E-state index in [2.05, 4.69) is 28.9 Å². The van der Waals surface area contributed by atoms with Gasteiger partial charge in [-0.3, -0.25) is 9.59 Å². The van der Waals surface area contributed by atoms with Gasteiger partial charge in [-0.15, -0.1) is 0 Å². The lowest BCUT2D eigenvalue weighted by molar-refractivity contribution is -0.133. The molecule has 1 aliphatic heterocycles. The zero-order valence-corrected chi connectivity index (χ0v) is 21.0. The molecule has 5 rings (SSSR count).